The Hall–Kier alpha value is -5.91. The molecule has 258 valence electrons. The van der Waals surface area contributed by atoms with Crippen LogP contribution in [-0.2, 0) is 12.4 Å². The van der Waals surface area contributed by atoms with E-state index in [0.717, 1.165) is 18.2 Å². The molecule has 0 aliphatic heterocycles. The summed E-state index contributed by atoms with van der Waals surface area (Å²) in [4.78, 5) is 2.78. The molecule has 0 radical (unpaired) electrons. The fourth-order valence-electron chi connectivity index (χ4n) is 4.69. The number of benzene rings is 2. The van der Waals surface area contributed by atoms with Crippen LogP contribution in [0.5, 0.6) is 0 Å². The highest BCUT2D eigenvalue weighted by atomic mass is 19.4. The molecule has 50 heavy (non-hydrogen) atoms. The third kappa shape index (κ3) is 5.46. The molecule has 0 amide bonds. The van der Waals surface area contributed by atoms with Gasteiger partial charge in [-0.1, -0.05) is 0 Å². The van der Waals surface area contributed by atoms with Crippen LogP contribution in [0.25, 0.3) is 16.7 Å². The van der Waals surface area contributed by atoms with Gasteiger partial charge in [0, 0.05) is 16.7 Å². The molecule has 1 heterocycles. The quantitative estimate of drug-likeness (QED) is 0.117. The molecule has 21 heteroatoms. The number of hydrogen-bond donors (Lipinski definition) is 0. The monoisotopic (exact) mass is 730 g/mol. The van der Waals surface area contributed by atoms with Crippen LogP contribution in [0, 0.1) is 105 Å². The molecule has 0 saturated heterocycles. The van der Waals surface area contributed by atoms with Gasteiger partial charge in [0.05, 0.1) is 39.1 Å². The number of aromatic nitrogens is 1. The maximum absolute atomic E-state index is 15.0. The van der Waals surface area contributed by atoms with E-state index < -0.39 is 143 Å². The Morgan fingerprint density at radius 1 is 0.440 bits per heavy atom. The van der Waals surface area contributed by atoms with Gasteiger partial charge >= 0.3 is 12.4 Å². The SMILES string of the molecule is Cc1nc(F)c(F)c(C(C#N)=C2C(=C(C#N)c3c(F)c(F)c(C(F)(F)F)c(F)c3F)C2=C(C#N)c2c(F)c(F)c(C(F)(F)F)c(F)c2F)c1F. The predicted octanol–water partition coefficient (Wildman–Crippen LogP) is 9.20. The van der Waals surface area contributed by atoms with E-state index in [1.54, 1.807) is 0 Å². The summed E-state index contributed by atoms with van der Waals surface area (Å²) >= 11 is 0. The van der Waals surface area contributed by atoms with Gasteiger partial charge in [-0.3, -0.25) is 0 Å². The number of pyridine rings is 1. The van der Waals surface area contributed by atoms with Crippen molar-refractivity contribution in [1.29, 1.82) is 15.8 Å². The minimum Gasteiger partial charge on any atom is -0.219 e. The summed E-state index contributed by atoms with van der Waals surface area (Å²) in [5.74, 6) is -31.7. The Bertz CT molecular complexity index is 2090. The van der Waals surface area contributed by atoms with Crippen LogP contribution in [0.15, 0.2) is 16.7 Å². The number of allylic oxidation sites excluding steroid dienone is 6. The zero-order chi connectivity index (χ0) is 38.1. The maximum Gasteiger partial charge on any atom is 0.422 e. The lowest BCUT2D eigenvalue weighted by atomic mass is 9.98. The number of aryl methyl sites for hydroxylation is 1. The molecule has 4 nitrogen and oxygen atoms in total. The number of alkyl halides is 6. The fourth-order valence-corrected chi connectivity index (χ4v) is 4.69. The van der Waals surface area contributed by atoms with E-state index >= 15 is 22.0 Å². The molecule has 4 rings (SSSR count). The number of halogens is 17. The maximum atomic E-state index is 15.0. The fraction of sp³-hybridized carbons (Fsp3) is 0.103. The molecular formula is C29H3F17N4. The molecule has 1 saturated carbocycles. The van der Waals surface area contributed by atoms with Gasteiger partial charge < -0.3 is 0 Å². The van der Waals surface area contributed by atoms with Gasteiger partial charge in [0.15, 0.2) is 58.2 Å². The molecular weight excluding hydrogens is 727 g/mol. The van der Waals surface area contributed by atoms with Crippen molar-refractivity contribution in [3.63, 3.8) is 0 Å². The standard InChI is InChI=1S/C29H3F17N4/c1-5-17(30)12(22(35)27(40)50-5)6(2-47)9-10(7(3-48)13-18(31)23(36)15(28(41,42)43)24(37)19(13)32)11(9)8(4-49)14-20(33)25(38)16(29(44,45)46)26(39)21(14)34/h1H3. The third-order valence-corrected chi connectivity index (χ3v) is 6.82. The average molecular weight is 730 g/mol. The van der Waals surface area contributed by atoms with Crippen molar-refractivity contribution in [1.82, 2.24) is 4.98 Å². The molecule has 0 N–H and O–H groups in total. The van der Waals surface area contributed by atoms with Crippen molar-refractivity contribution in [3.8, 4) is 18.2 Å². The second-order valence-electron chi connectivity index (χ2n) is 9.58. The first-order chi connectivity index (χ1) is 23.0. The first-order valence-corrected chi connectivity index (χ1v) is 12.3. The average Bonchev–Trinajstić information content (AvgIpc) is 3.73. The third-order valence-electron chi connectivity index (χ3n) is 6.82. The summed E-state index contributed by atoms with van der Waals surface area (Å²) in [6, 6.07) is 2.48. The summed E-state index contributed by atoms with van der Waals surface area (Å²) in [5, 5.41) is 29.2. The number of rotatable bonds is 3. The minimum absolute atomic E-state index is 0.639. The highest BCUT2D eigenvalue weighted by Gasteiger charge is 2.49. The van der Waals surface area contributed by atoms with Gasteiger partial charge in [0.1, 0.15) is 29.3 Å². The van der Waals surface area contributed by atoms with Crippen LogP contribution < -0.4 is 0 Å². The molecule has 3 aromatic rings. The molecule has 0 spiro atoms. The Morgan fingerprint density at radius 2 is 0.700 bits per heavy atom. The van der Waals surface area contributed by atoms with Crippen LogP contribution in [-0.4, -0.2) is 4.98 Å². The molecule has 0 unspecified atom stereocenters. The number of hydrogen-bond acceptors (Lipinski definition) is 4. The van der Waals surface area contributed by atoms with Gasteiger partial charge in [-0.2, -0.15) is 46.5 Å². The van der Waals surface area contributed by atoms with E-state index in [1.165, 1.54) is 0 Å². The van der Waals surface area contributed by atoms with Crippen molar-refractivity contribution in [2.75, 3.05) is 0 Å². The highest BCUT2D eigenvalue weighted by Crippen LogP contribution is 2.57. The van der Waals surface area contributed by atoms with Gasteiger partial charge in [-0.25, -0.2) is 48.9 Å². The van der Waals surface area contributed by atoms with E-state index in [2.05, 4.69) is 4.98 Å². The summed E-state index contributed by atoms with van der Waals surface area (Å²) in [6.45, 7) is 0.639. The van der Waals surface area contributed by atoms with Crippen LogP contribution in [0.4, 0.5) is 74.6 Å². The van der Waals surface area contributed by atoms with E-state index in [1.807, 2.05) is 0 Å². The normalized spacial score (nSPS) is 15.0. The van der Waals surface area contributed by atoms with Gasteiger partial charge in [0.2, 0.25) is 5.95 Å². The van der Waals surface area contributed by atoms with E-state index in [-0.39, 0.29) is 0 Å². The second-order valence-corrected chi connectivity index (χ2v) is 9.58. The summed E-state index contributed by atoms with van der Waals surface area (Å²) in [5.41, 5.74) is -24.8. The predicted molar refractivity (Wildman–Crippen MR) is 129 cm³/mol. The molecule has 1 aliphatic rings. The van der Waals surface area contributed by atoms with Crippen molar-refractivity contribution in [2.24, 2.45) is 0 Å². The van der Waals surface area contributed by atoms with Crippen LogP contribution in [0.3, 0.4) is 0 Å². The zero-order valence-corrected chi connectivity index (χ0v) is 23.2. The minimum atomic E-state index is -6.16. The summed E-state index contributed by atoms with van der Waals surface area (Å²) in [6.07, 6.45) is -12.3. The topological polar surface area (TPSA) is 84.3 Å². The van der Waals surface area contributed by atoms with Crippen molar-refractivity contribution in [3.05, 3.63) is 114 Å². The van der Waals surface area contributed by atoms with Crippen molar-refractivity contribution >= 4 is 16.7 Å². The van der Waals surface area contributed by atoms with Crippen LogP contribution in [0.1, 0.15) is 33.5 Å². The lowest BCUT2D eigenvalue weighted by Crippen LogP contribution is -2.17. The van der Waals surface area contributed by atoms with Gasteiger partial charge in [-0.15, -0.1) is 0 Å². The van der Waals surface area contributed by atoms with Crippen molar-refractivity contribution in [2.45, 2.75) is 19.3 Å². The first kappa shape index (κ1) is 36.9. The lowest BCUT2D eigenvalue weighted by Gasteiger charge is -2.14. The van der Waals surface area contributed by atoms with Gasteiger partial charge in [-0.05, 0) is 6.92 Å². The van der Waals surface area contributed by atoms with E-state index in [0.29, 0.717) is 6.92 Å². The molecule has 1 fully saturated rings. The molecule has 1 aliphatic carbocycles. The Labute approximate surface area is 264 Å². The first-order valence-electron chi connectivity index (χ1n) is 12.3. The Morgan fingerprint density at radius 3 is 0.940 bits per heavy atom. The van der Waals surface area contributed by atoms with E-state index in [9.17, 15) is 68.5 Å². The van der Waals surface area contributed by atoms with Crippen LogP contribution >= 0.6 is 0 Å². The molecule has 2 aromatic carbocycles. The Kier molecular flexibility index (Phi) is 9.01. The Balaban J connectivity index is 2.35. The number of nitrogens with zero attached hydrogens (tertiary/aromatic N) is 4. The van der Waals surface area contributed by atoms with Crippen molar-refractivity contribution < 1.29 is 74.6 Å². The smallest absolute Gasteiger partial charge is 0.219 e. The highest BCUT2D eigenvalue weighted by molar-refractivity contribution is 6.12. The number of nitriles is 3. The molecule has 0 atom stereocenters. The lowest BCUT2D eigenvalue weighted by molar-refractivity contribution is -0.144. The summed E-state index contributed by atoms with van der Waals surface area (Å²) < 4.78 is 241. The zero-order valence-electron chi connectivity index (χ0n) is 23.2. The van der Waals surface area contributed by atoms with Crippen LogP contribution in [0.2, 0.25) is 0 Å². The largest absolute Gasteiger partial charge is 0.422 e. The second kappa shape index (κ2) is 12.2. The summed E-state index contributed by atoms with van der Waals surface area (Å²) in [7, 11) is 0. The molecule has 1 aromatic heterocycles. The molecule has 0 bridgehead atoms. The van der Waals surface area contributed by atoms with Gasteiger partial charge in [0.25, 0.3) is 0 Å². The van der Waals surface area contributed by atoms with E-state index in [4.69, 9.17) is 0 Å².